The number of hydrazone groups is 1. The van der Waals surface area contributed by atoms with E-state index in [9.17, 15) is 0 Å². The van der Waals surface area contributed by atoms with Crippen LogP contribution in [-0.4, -0.2) is 13.1 Å². The minimum atomic E-state index is 0.307. The van der Waals surface area contributed by atoms with Crippen molar-refractivity contribution in [3.63, 3.8) is 0 Å². The molecule has 1 heterocycles. The summed E-state index contributed by atoms with van der Waals surface area (Å²) in [6.45, 7) is 0.307. The number of anilines is 1. The van der Waals surface area contributed by atoms with Gasteiger partial charge in [-0.25, -0.2) is 5.01 Å². The third-order valence-corrected chi connectivity index (χ3v) is 2.49. The van der Waals surface area contributed by atoms with Crippen LogP contribution in [0.4, 0.5) is 5.69 Å². The van der Waals surface area contributed by atoms with Crippen molar-refractivity contribution in [2.75, 3.05) is 11.7 Å². The van der Waals surface area contributed by atoms with Crippen LogP contribution >= 0.6 is 34.8 Å². The first-order valence-electron chi connectivity index (χ1n) is 3.74. The lowest BCUT2D eigenvalue weighted by Crippen LogP contribution is -2.13. The highest BCUT2D eigenvalue weighted by molar-refractivity contribution is 6.41. The molecule has 6 heteroatoms. The predicted octanol–water partition coefficient (Wildman–Crippen LogP) is 3.38. The molecular weight excluding hydrogens is 246 g/mol. The number of ether oxygens (including phenoxy) is 1. The number of rotatable bonds is 1. The first-order chi connectivity index (χ1) is 6.68. The summed E-state index contributed by atoms with van der Waals surface area (Å²) >= 11 is 17.7. The lowest BCUT2D eigenvalue weighted by Gasteiger charge is -2.15. The molecule has 14 heavy (non-hydrogen) atoms. The number of benzene rings is 1. The van der Waals surface area contributed by atoms with Crippen molar-refractivity contribution in [1.82, 2.24) is 0 Å². The Labute approximate surface area is 95.8 Å². The molecule has 0 amide bonds. The van der Waals surface area contributed by atoms with Gasteiger partial charge in [-0.15, -0.1) is 5.10 Å². The van der Waals surface area contributed by atoms with Gasteiger partial charge in [0, 0.05) is 5.02 Å². The quantitative estimate of drug-likeness (QED) is 0.764. The normalized spacial score (nSPS) is 14.6. The second-order valence-electron chi connectivity index (χ2n) is 2.63. The second kappa shape index (κ2) is 3.85. The maximum Gasteiger partial charge on any atom is 0.195 e. The van der Waals surface area contributed by atoms with Gasteiger partial charge in [-0.1, -0.05) is 34.8 Å². The van der Waals surface area contributed by atoms with Crippen LogP contribution in [0.5, 0.6) is 0 Å². The molecule has 1 aromatic rings. The molecule has 0 aromatic heterocycles. The average molecular weight is 252 g/mol. The number of halogens is 3. The van der Waals surface area contributed by atoms with Crippen LogP contribution in [0, 0.1) is 0 Å². The highest BCUT2D eigenvalue weighted by Crippen LogP contribution is 2.37. The Morgan fingerprint density at radius 3 is 2.36 bits per heavy atom. The van der Waals surface area contributed by atoms with Crippen molar-refractivity contribution in [3.05, 3.63) is 27.2 Å². The van der Waals surface area contributed by atoms with E-state index in [1.165, 1.54) is 6.40 Å². The van der Waals surface area contributed by atoms with Gasteiger partial charge < -0.3 is 4.74 Å². The van der Waals surface area contributed by atoms with Gasteiger partial charge in [0.1, 0.15) is 5.69 Å². The first-order valence-corrected chi connectivity index (χ1v) is 4.88. The lowest BCUT2D eigenvalue weighted by molar-refractivity contribution is 0.350. The van der Waals surface area contributed by atoms with E-state index in [0.717, 1.165) is 0 Å². The van der Waals surface area contributed by atoms with Crippen LogP contribution in [0.15, 0.2) is 17.2 Å². The van der Waals surface area contributed by atoms with Crippen molar-refractivity contribution in [2.45, 2.75) is 0 Å². The summed E-state index contributed by atoms with van der Waals surface area (Å²) in [5.41, 5.74) is 0.603. The highest BCUT2D eigenvalue weighted by Gasteiger charge is 2.17. The van der Waals surface area contributed by atoms with E-state index in [2.05, 4.69) is 5.10 Å². The zero-order valence-electron chi connectivity index (χ0n) is 6.88. The zero-order chi connectivity index (χ0) is 10.1. The smallest absolute Gasteiger partial charge is 0.195 e. The van der Waals surface area contributed by atoms with Crippen LogP contribution in [0.25, 0.3) is 0 Å². The predicted molar refractivity (Wildman–Crippen MR) is 58.4 cm³/mol. The summed E-state index contributed by atoms with van der Waals surface area (Å²) in [5.74, 6) is 0. The van der Waals surface area contributed by atoms with E-state index >= 15 is 0 Å². The average Bonchev–Trinajstić information content (AvgIpc) is 2.54. The zero-order valence-corrected chi connectivity index (χ0v) is 9.14. The second-order valence-corrected chi connectivity index (χ2v) is 3.89. The van der Waals surface area contributed by atoms with Crippen LogP contribution in [0.3, 0.4) is 0 Å². The van der Waals surface area contributed by atoms with Gasteiger partial charge >= 0.3 is 0 Å². The van der Waals surface area contributed by atoms with E-state index < -0.39 is 0 Å². The molecule has 0 N–H and O–H groups in total. The number of nitrogens with zero attached hydrogens (tertiary/aromatic N) is 2. The highest BCUT2D eigenvalue weighted by atomic mass is 35.5. The molecule has 1 aromatic carbocycles. The number of hydrogen-bond donors (Lipinski definition) is 0. The van der Waals surface area contributed by atoms with E-state index in [-0.39, 0.29) is 0 Å². The fourth-order valence-electron chi connectivity index (χ4n) is 1.13. The molecule has 0 bridgehead atoms. The van der Waals surface area contributed by atoms with Gasteiger partial charge in [-0.05, 0) is 12.1 Å². The fraction of sp³-hybridized carbons (Fsp3) is 0.125. The van der Waals surface area contributed by atoms with Gasteiger partial charge in [0.25, 0.3) is 0 Å². The van der Waals surface area contributed by atoms with Crippen molar-refractivity contribution in [2.24, 2.45) is 5.10 Å². The molecule has 74 valence electrons. The maximum absolute atomic E-state index is 5.97. The summed E-state index contributed by atoms with van der Waals surface area (Å²) in [6, 6.07) is 3.22. The maximum atomic E-state index is 5.97. The fourth-order valence-corrected chi connectivity index (χ4v) is 2.14. The topological polar surface area (TPSA) is 24.8 Å². The van der Waals surface area contributed by atoms with Gasteiger partial charge in [-0.3, -0.25) is 0 Å². The summed E-state index contributed by atoms with van der Waals surface area (Å²) < 4.78 is 4.94. The Kier molecular flexibility index (Phi) is 2.72. The third-order valence-electron chi connectivity index (χ3n) is 1.70. The van der Waals surface area contributed by atoms with E-state index in [4.69, 9.17) is 39.5 Å². The first kappa shape index (κ1) is 9.90. The van der Waals surface area contributed by atoms with Gasteiger partial charge in [0.15, 0.2) is 13.1 Å². The Morgan fingerprint density at radius 1 is 1.21 bits per heavy atom. The van der Waals surface area contributed by atoms with E-state index in [0.29, 0.717) is 27.5 Å². The van der Waals surface area contributed by atoms with Gasteiger partial charge in [0.2, 0.25) is 0 Å². The van der Waals surface area contributed by atoms with Crippen molar-refractivity contribution < 1.29 is 4.74 Å². The van der Waals surface area contributed by atoms with Crippen LogP contribution < -0.4 is 5.01 Å². The molecule has 1 aliphatic rings. The Balaban J connectivity index is 2.46. The molecule has 0 aliphatic carbocycles. The SMILES string of the molecule is Clc1cc(Cl)c(N2COC=N2)c(Cl)c1. The van der Waals surface area contributed by atoms with Gasteiger partial charge in [0.05, 0.1) is 10.0 Å². The molecule has 3 nitrogen and oxygen atoms in total. The molecule has 0 fully saturated rings. The van der Waals surface area contributed by atoms with E-state index in [1.807, 2.05) is 0 Å². The summed E-state index contributed by atoms with van der Waals surface area (Å²) in [5, 5.41) is 6.88. The minimum Gasteiger partial charge on any atom is -0.459 e. The van der Waals surface area contributed by atoms with Gasteiger partial charge in [-0.2, -0.15) is 0 Å². The molecule has 1 aliphatic heterocycles. The molecule has 0 atom stereocenters. The Bertz CT molecular complexity index is 371. The molecule has 0 spiro atoms. The monoisotopic (exact) mass is 250 g/mol. The third kappa shape index (κ3) is 1.75. The van der Waals surface area contributed by atoms with Crippen LogP contribution in [0.2, 0.25) is 15.1 Å². The number of hydrogen-bond acceptors (Lipinski definition) is 3. The van der Waals surface area contributed by atoms with Crippen LogP contribution in [-0.2, 0) is 4.74 Å². The molecule has 0 unspecified atom stereocenters. The molecule has 0 radical (unpaired) electrons. The standard InChI is InChI=1S/C8H5Cl3N2O/c9-5-1-6(10)8(7(11)2-5)13-4-14-3-12-13/h1-3H,4H2. The minimum absolute atomic E-state index is 0.307. The van der Waals surface area contributed by atoms with E-state index in [1.54, 1.807) is 17.1 Å². The summed E-state index contributed by atoms with van der Waals surface area (Å²) in [6.07, 6.45) is 1.33. The van der Waals surface area contributed by atoms with Crippen molar-refractivity contribution in [1.29, 1.82) is 0 Å². The molecule has 0 saturated heterocycles. The largest absolute Gasteiger partial charge is 0.459 e. The Morgan fingerprint density at radius 2 is 1.86 bits per heavy atom. The van der Waals surface area contributed by atoms with Crippen molar-refractivity contribution in [3.8, 4) is 0 Å². The van der Waals surface area contributed by atoms with Crippen molar-refractivity contribution >= 4 is 46.9 Å². The molecular formula is C8H5Cl3N2O. The molecule has 0 saturated carbocycles. The molecule has 2 rings (SSSR count). The summed E-state index contributed by atoms with van der Waals surface area (Å²) in [7, 11) is 0. The Hall–Kier alpha value is -0.640. The summed E-state index contributed by atoms with van der Waals surface area (Å²) in [4.78, 5) is 0. The van der Waals surface area contributed by atoms with Crippen LogP contribution in [0.1, 0.15) is 0 Å². The lowest BCUT2D eigenvalue weighted by atomic mass is 10.3.